The summed E-state index contributed by atoms with van der Waals surface area (Å²) in [5.41, 5.74) is 11.7. The van der Waals surface area contributed by atoms with Crippen molar-refractivity contribution in [3.8, 4) is 0 Å². The van der Waals surface area contributed by atoms with Crippen LogP contribution in [0.5, 0.6) is 0 Å². The fourth-order valence-corrected chi connectivity index (χ4v) is 3.58. The fourth-order valence-electron chi connectivity index (χ4n) is 3.58. The summed E-state index contributed by atoms with van der Waals surface area (Å²) >= 11 is 0. The molecule has 0 saturated heterocycles. The predicted molar refractivity (Wildman–Crippen MR) is 199 cm³/mol. The summed E-state index contributed by atoms with van der Waals surface area (Å²) in [6, 6.07) is 12.1. The third kappa shape index (κ3) is 25.2. The van der Waals surface area contributed by atoms with Crippen LogP contribution < -0.4 is 11.5 Å². The van der Waals surface area contributed by atoms with Crippen molar-refractivity contribution in [3.05, 3.63) is 110 Å². The largest absolute Gasteiger partial charge is 0.478 e. The van der Waals surface area contributed by atoms with Gasteiger partial charge in [0.25, 0.3) is 0 Å². The van der Waals surface area contributed by atoms with E-state index < -0.39 is 11.9 Å². The first-order valence-electron chi connectivity index (χ1n) is 16.0. The van der Waals surface area contributed by atoms with Gasteiger partial charge < -0.3 is 50.8 Å². The molecule has 0 aliphatic rings. The van der Waals surface area contributed by atoms with Crippen molar-refractivity contribution in [2.24, 2.45) is 10.8 Å². The molecule has 0 unspecified atom stereocenters. The second kappa shape index (κ2) is 32.5. The number of nitrogens with two attached hydrogens (primary N) is 2. The number of carboxylic acid groups (broad SMARTS) is 2. The topological polar surface area (TPSA) is 204 Å². The second-order valence-electron chi connectivity index (χ2n) is 11.1. The molecular formula is C38H58N2O10Zr. The first-order valence-corrected chi connectivity index (χ1v) is 16.0. The molecule has 0 radical (unpaired) electrons. The maximum Gasteiger partial charge on any atom is 0.335 e. The minimum absolute atomic E-state index is 0. The van der Waals surface area contributed by atoms with Gasteiger partial charge >= 0.3 is 11.9 Å². The van der Waals surface area contributed by atoms with Gasteiger partial charge in [-0.2, -0.15) is 0 Å². The summed E-state index contributed by atoms with van der Waals surface area (Å²) < 4.78 is 21.5. The molecule has 8 N–H and O–H groups in total. The minimum Gasteiger partial charge on any atom is -0.478 e. The summed E-state index contributed by atoms with van der Waals surface area (Å²) in [5.74, 6) is -1.86. The molecule has 2 rings (SSSR count). The zero-order valence-corrected chi connectivity index (χ0v) is 32.6. The summed E-state index contributed by atoms with van der Waals surface area (Å²) in [6.07, 6.45) is 8.42. The number of aromatic carboxylic acids is 2. The van der Waals surface area contributed by atoms with Crippen LogP contribution in [0.2, 0.25) is 0 Å². The summed E-state index contributed by atoms with van der Waals surface area (Å²) in [5, 5.41) is 35.6. The van der Waals surface area contributed by atoms with Crippen molar-refractivity contribution in [2.75, 3.05) is 77.5 Å². The van der Waals surface area contributed by atoms with Crippen LogP contribution in [0, 0.1) is 10.8 Å². The van der Waals surface area contributed by atoms with Crippen LogP contribution in [0.1, 0.15) is 47.4 Å². The van der Waals surface area contributed by atoms with E-state index in [1.807, 2.05) is 13.8 Å². The number of aliphatic hydroxyl groups is 2. The molecule has 51 heavy (non-hydrogen) atoms. The van der Waals surface area contributed by atoms with Crippen LogP contribution in [0.15, 0.2) is 99.2 Å². The quantitative estimate of drug-likeness (QED) is 0.0498. The maximum atomic E-state index is 10.3. The molecule has 0 spiro atoms. The average molecular weight is 794 g/mol. The molecule has 0 saturated carbocycles. The number of hydrogen-bond donors (Lipinski definition) is 6. The number of benzene rings is 2. The van der Waals surface area contributed by atoms with Crippen molar-refractivity contribution < 1.29 is 75.2 Å². The van der Waals surface area contributed by atoms with Gasteiger partial charge in [0.2, 0.25) is 0 Å². The van der Waals surface area contributed by atoms with Crippen LogP contribution >= 0.6 is 0 Å². The van der Waals surface area contributed by atoms with Crippen molar-refractivity contribution in [1.82, 2.24) is 0 Å². The number of carbonyl (C=O) groups is 2. The summed E-state index contributed by atoms with van der Waals surface area (Å²) in [7, 11) is 0. The van der Waals surface area contributed by atoms with E-state index in [0.29, 0.717) is 64.2 Å². The van der Waals surface area contributed by atoms with Gasteiger partial charge in [-0.3, -0.25) is 0 Å². The molecule has 13 heteroatoms. The number of aliphatic hydroxyl groups excluding tert-OH is 2. The van der Waals surface area contributed by atoms with Crippen molar-refractivity contribution in [2.45, 2.75) is 26.7 Å². The molecule has 0 bridgehead atoms. The SMILES string of the molecule is C=CCOCC(CC)(CO)COCC=C.C=CCOCC(CC)(CO)COCC=C.Nc1ccc(C(=O)O)cc1.Nc1ccc(C(=O)O)cc1.[Zr]. The van der Waals surface area contributed by atoms with E-state index in [9.17, 15) is 19.8 Å². The monoisotopic (exact) mass is 792 g/mol. The Labute approximate surface area is 322 Å². The number of hydrogen-bond acceptors (Lipinski definition) is 10. The Hall–Kier alpha value is -3.42. The van der Waals surface area contributed by atoms with E-state index in [-0.39, 0.29) is 61.4 Å². The standard InChI is InChI=1S/2C12H22O3.2C7H7NO2.Zr/c2*1-4-7-14-10-12(6-3,9-13)11-15-8-5-2;2*8-6-3-1-5(2-4-6)7(9)10;/h2*4-5,13H,1-2,6-11H2,3H3;2*1-4H,8H2,(H,9,10);. The number of anilines is 2. The predicted octanol–water partition coefficient (Wildman–Crippen LogP) is 5.49. The number of nitrogen functional groups attached to an aromatic ring is 2. The third-order valence-corrected chi connectivity index (χ3v) is 7.06. The normalized spacial score (nSPS) is 10.3. The van der Waals surface area contributed by atoms with Gasteiger partial charge in [-0.05, 0) is 61.4 Å². The molecule has 284 valence electrons. The van der Waals surface area contributed by atoms with E-state index >= 15 is 0 Å². The Morgan fingerprint density at radius 3 is 0.980 bits per heavy atom. The molecule has 2 aromatic rings. The third-order valence-electron chi connectivity index (χ3n) is 7.06. The molecule has 0 atom stereocenters. The number of carboxylic acids is 2. The van der Waals surface area contributed by atoms with E-state index in [1.54, 1.807) is 48.6 Å². The van der Waals surface area contributed by atoms with Gasteiger partial charge in [0, 0.05) is 48.4 Å². The zero-order chi connectivity index (χ0) is 38.3. The van der Waals surface area contributed by atoms with E-state index in [1.165, 1.54) is 24.3 Å². The summed E-state index contributed by atoms with van der Waals surface area (Å²) in [6.45, 7) is 22.4. The molecule has 0 aliphatic heterocycles. The van der Waals surface area contributed by atoms with Gasteiger partial charge in [0.1, 0.15) is 0 Å². The van der Waals surface area contributed by atoms with Crippen LogP contribution in [-0.4, -0.2) is 98.4 Å². The van der Waals surface area contributed by atoms with Gasteiger partial charge in [0.05, 0.1) is 77.2 Å². The van der Waals surface area contributed by atoms with Gasteiger partial charge in [-0.15, -0.1) is 26.3 Å². The Kier molecular flexibility index (Phi) is 33.1. The maximum absolute atomic E-state index is 10.3. The second-order valence-corrected chi connectivity index (χ2v) is 11.1. The van der Waals surface area contributed by atoms with Crippen LogP contribution in [0.4, 0.5) is 11.4 Å². The molecule has 2 aromatic carbocycles. The van der Waals surface area contributed by atoms with E-state index in [0.717, 1.165) is 12.8 Å². The fraction of sp³-hybridized carbons (Fsp3) is 0.421. The Bertz CT molecular complexity index is 1090. The number of ether oxygens (including phenoxy) is 4. The first-order chi connectivity index (χ1) is 23.9. The molecular weight excluding hydrogens is 736 g/mol. The molecule has 12 nitrogen and oxygen atoms in total. The van der Waals surface area contributed by atoms with Gasteiger partial charge in [-0.25, -0.2) is 9.59 Å². The zero-order valence-electron chi connectivity index (χ0n) is 30.1. The van der Waals surface area contributed by atoms with Gasteiger partial charge in [0.15, 0.2) is 0 Å². The Morgan fingerprint density at radius 2 is 0.824 bits per heavy atom. The van der Waals surface area contributed by atoms with Crippen LogP contribution in [0.3, 0.4) is 0 Å². The molecule has 0 aliphatic carbocycles. The number of rotatable bonds is 22. The molecule has 0 heterocycles. The van der Waals surface area contributed by atoms with E-state index in [2.05, 4.69) is 26.3 Å². The van der Waals surface area contributed by atoms with Crippen molar-refractivity contribution >= 4 is 23.3 Å². The Morgan fingerprint density at radius 1 is 0.588 bits per heavy atom. The summed E-state index contributed by atoms with van der Waals surface area (Å²) in [4.78, 5) is 20.5. The van der Waals surface area contributed by atoms with Crippen LogP contribution in [0.25, 0.3) is 0 Å². The van der Waals surface area contributed by atoms with E-state index in [4.69, 9.17) is 40.6 Å². The first kappa shape index (κ1) is 51.9. The molecule has 0 aromatic heterocycles. The molecule has 0 fully saturated rings. The Balaban J connectivity index is -0.000000607. The molecule has 0 amide bonds. The van der Waals surface area contributed by atoms with Crippen LogP contribution in [-0.2, 0) is 45.2 Å². The average Bonchev–Trinajstić information content (AvgIpc) is 3.12. The van der Waals surface area contributed by atoms with Crippen molar-refractivity contribution in [1.29, 1.82) is 0 Å². The smallest absolute Gasteiger partial charge is 0.335 e. The van der Waals surface area contributed by atoms with Gasteiger partial charge in [-0.1, -0.05) is 38.2 Å². The minimum atomic E-state index is -0.931. The van der Waals surface area contributed by atoms with Crippen molar-refractivity contribution in [3.63, 3.8) is 0 Å².